The van der Waals surface area contributed by atoms with Gasteiger partial charge in [0.25, 0.3) is 0 Å². The van der Waals surface area contributed by atoms with E-state index >= 15 is 0 Å². The highest BCUT2D eigenvalue weighted by Crippen LogP contribution is 2.11. The summed E-state index contributed by atoms with van der Waals surface area (Å²) >= 11 is 0. The molecule has 5 nitrogen and oxygen atoms in total. The number of aliphatic hydroxyl groups excluding tert-OH is 3. The maximum Gasteiger partial charge on any atom is 0.220 e. The zero-order valence-corrected chi connectivity index (χ0v) is 23.4. The van der Waals surface area contributed by atoms with E-state index < -0.39 is 18.2 Å². The van der Waals surface area contributed by atoms with Gasteiger partial charge in [0, 0.05) is 6.42 Å². The van der Waals surface area contributed by atoms with Gasteiger partial charge in [0.1, 0.15) is 6.10 Å². The van der Waals surface area contributed by atoms with Crippen LogP contribution in [0.25, 0.3) is 0 Å². The molecule has 0 heterocycles. The Bertz CT molecular complexity index is 573. The normalized spacial score (nSPS) is 14.7. The molecule has 0 saturated carbocycles. The summed E-state index contributed by atoms with van der Waals surface area (Å²) in [5.41, 5.74) is 0. The Balaban J connectivity index is 3.91. The molecule has 3 atom stereocenters. The van der Waals surface area contributed by atoms with Gasteiger partial charge >= 0.3 is 0 Å². The molecule has 210 valence electrons. The fraction of sp³-hybridized carbons (Fsp3) is 0.774. The van der Waals surface area contributed by atoms with Gasteiger partial charge in [-0.1, -0.05) is 88.8 Å². The van der Waals surface area contributed by atoms with Crippen molar-refractivity contribution in [1.82, 2.24) is 5.32 Å². The zero-order valence-electron chi connectivity index (χ0n) is 23.4. The van der Waals surface area contributed by atoms with Crippen LogP contribution in [0.15, 0.2) is 36.5 Å². The van der Waals surface area contributed by atoms with E-state index in [1.54, 1.807) is 0 Å². The van der Waals surface area contributed by atoms with Crippen LogP contribution in [0.2, 0.25) is 0 Å². The molecule has 1 amide bonds. The summed E-state index contributed by atoms with van der Waals surface area (Å²) < 4.78 is 0. The van der Waals surface area contributed by atoms with E-state index in [2.05, 4.69) is 55.6 Å². The van der Waals surface area contributed by atoms with Crippen LogP contribution in [0.4, 0.5) is 0 Å². The second kappa shape index (κ2) is 26.6. The number of hydrogen-bond acceptors (Lipinski definition) is 4. The van der Waals surface area contributed by atoms with Crippen molar-refractivity contribution in [2.24, 2.45) is 0 Å². The van der Waals surface area contributed by atoms with Gasteiger partial charge in [-0.05, 0) is 70.6 Å². The molecule has 0 aliphatic carbocycles. The molecule has 3 unspecified atom stereocenters. The Morgan fingerprint density at radius 2 is 1.17 bits per heavy atom. The summed E-state index contributed by atoms with van der Waals surface area (Å²) in [6, 6.07) is -0.833. The minimum atomic E-state index is -1.17. The smallest absolute Gasteiger partial charge is 0.220 e. The Hall–Kier alpha value is -1.43. The first-order valence-corrected chi connectivity index (χ1v) is 14.8. The quantitative estimate of drug-likeness (QED) is 0.0798. The first-order valence-electron chi connectivity index (χ1n) is 14.8. The molecule has 0 fully saturated rings. The summed E-state index contributed by atoms with van der Waals surface area (Å²) in [5, 5.41) is 33.0. The first-order chi connectivity index (χ1) is 17.6. The number of carbonyl (C=O) groups excluding carboxylic acids is 1. The zero-order chi connectivity index (χ0) is 26.7. The number of allylic oxidation sites excluding steroid dienone is 6. The number of carbonyl (C=O) groups is 1. The maximum absolute atomic E-state index is 12.2. The number of hydrogen-bond donors (Lipinski definition) is 4. The number of aliphatic hydroxyl groups is 3. The van der Waals surface area contributed by atoms with E-state index in [0.29, 0.717) is 12.8 Å². The van der Waals surface area contributed by atoms with Crippen molar-refractivity contribution in [3.63, 3.8) is 0 Å². The molecule has 0 spiro atoms. The lowest BCUT2D eigenvalue weighted by Crippen LogP contribution is -2.50. The van der Waals surface area contributed by atoms with Crippen LogP contribution < -0.4 is 5.32 Å². The minimum absolute atomic E-state index is 0.179. The van der Waals surface area contributed by atoms with Gasteiger partial charge < -0.3 is 20.6 Å². The molecule has 0 bridgehead atoms. The van der Waals surface area contributed by atoms with Crippen molar-refractivity contribution < 1.29 is 20.1 Å². The van der Waals surface area contributed by atoms with Crippen molar-refractivity contribution in [3.05, 3.63) is 36.5 Å². The summed E-state index contributed by atoms with van der Waals surface area (Å²) in [5.74, 6) is -0.179. The third-order valence-corrected chi connectivity index (χ3v) is 6.44. The predicted molar refractivity (Wildman–Crippen MR) is 153 cm³/mol. The molecule has 0 aromatic heterocycles. The molecule has 5 heteroatoms. The largest absolute Gasteiger partial charge is 0.394 e. The highest BCUT2D eigenvalue weighted by atomic mass is 16.3. The number of nitrogens with one attached hydrogen (secondary N) is 1. The van der Waals surface area contributed by atoms with Gasteiger partial charge in [-0.15, -0.1) is 0 Å². The summed E-state index contributed by atoms with van der Waals surface area (Å²) in [6.07, 6.45) is 29.4. The Kier molecular flexibility index (Phi) is 25.6. The van der Waals surface area contributed by atoms with Gasteiger partial charge in [0.05, 0.1) is 18.8 Å². The Morgan fingerprint density at radius 3 is 1.75 bits per heavy atom. The van der Waals surface area contributed by atoms with E-state index in [1.165, 1.54) is 38.5 Å². The van der Waals surface area contributed by atoms with Gasteiger partial charge in [-0.2, -0.15) is 0 Å². The van der Waals surface area contributed by atoms with Gasteiger partial charge in [-0.3, -0.25) is 4.79 Å². The summed E-state index contributed by atoms with van der Waals surface area (Å²) in [6.45, 7) is 4.03. The summed E-state index contributed by atoms with van der Waals surface area (Å²) in [4.78, 5) is 12.2. The molecule has 0 saturated heterocycles. The third-order valence-electron chi connectivity index (χ3n) is 6.44. The molecular formula is C31H57NO4. The fourth-order valence-electron chi connectivity index (χ4n) is 4.04. The van der Waals surface area contributed by atoms with Crippen LogP contribution in [-0.4, -0.2) is 46.1 Å². The van der Waals surface area contributed by atoms with E-state index in [1.807, 2.05) is 0 Å². The van der Waals surface area contributed by atoms with Crippen molar-refractivity contribution in [3.8, 4) is 0 Å². The Morgan fingerprint density at radius 1 is 0.667 bits per heavy atom. The van der Waals surface area contributed by atoms with Crippen LogP contribution in [-0.2, 0) is 4.79 Å². The lowest BCUT2D eigenvalue weighted by Gasteiger charge is -2.26. The summed E-state index contributed by atoms with van der Waals surface area (Å²) in [7, 11) is 0. The topological polar surface area (TPSA) is 89.8 Å². The van der Waals surface area contributed by atoms with Crippen LogP contribution in [0.1, 0.15) is 129 Å². The highest BCUT2D eigenvalue weighted by Gasteiger charge is 2.26. The van der Waals surface area contributed by atoms with Crippen molar-refractivity contribution in [2.75, 3.05) is 6.61 Å². The number of amides is 1. The van der Waals surface area contributed by atoms with E-state index in [0.717, 1.165) is 64.2 Å². The van der Waals surface area contributed by atoms with E-state index in [9.17, 15) is 20.1 Å². The first kappa shape index (κ1) is 34.6. The van der Waals surface area contributed by atoms with Gasteiger partial charge in [0.2, 0.25) is 5.91 Å². The standard InChI is InChI=1S/C31H57NO4/c1-3-5-7-9-11-13-15-16-17-19-21-23-25-29(34)31(36)28(27-33)32-30(35)26-24-22-20-18-14-12-10-8-6-4-2/h10-13,17,19,28-29,31,33-34,36H,3-9,14-16,18,20-27H2,1-2H3,(H,32,35)/b12-10-,13-11+,19-17+. The van der Waals surface area contributed by atoms with Crippen molar-refractivity contribution >= 4 is 5.91 Å². The monoisotopic (exact) mass is 507 g/mol. The lowest BCUT2D eigenvalue weighted by atomic mass is 10.0. The second-order valence-electron chi connectivity index (χ2n) is 9.93. The molecule has 0 aromatic rings. The molecule has 0 rings (SSSR count). The molecule has 0 aliphatic rings. The SMILES string of the molecule is CCCC/C=C\CCCCCCC(=O)NC(CO)C(O)C(O)CCC/C=C/CC/C=C/CCCCC. The van der Waals surface area contributed by atoms with Gasteiger partial charge in [-0.25, -0.2) is 0 Å². The number of unbranched alkanes of at least 4 members (excludes halogenated alkanes) is 11. The molecule has 0 radical (unpaired) electrons. The van der Waals surface area contributed by atoms with Crippen molar-refractivity contribution in [1.29, 1.82) is 0 Å². The lowest BCUT2D eigenvalue weighted by molar-refractivity contribution is -0.124. The predicted octanol–water partition coefficient (Wildman–Crippen LogP) is 6.92. The molecular weight excluding hydrogens is 450 g/mol. The van der Waals surface area contributed by atoms with E-state index in [4.69, 9.17) is 0 Å². The highest BCUT2D eigenvalue weighted by molar-refractivity contribution is 5.76. The third kappa shape index (κ3) is 21.8. The van der Waals surface area contributed by atoms with E-state index in [-0.39, 0.29) is 12.5 Å². The fourth-order valence-corrected chi connectivity index (χ4v) is 4.04. The number of rotatable bonds is 25. The average molecular weight is 508 g/mol. The molecule has 0 aliphatic heterocycles. The Labute approximate surface area is 222 Å². The van der Waals surface area contributed by atoms with Gasteiger partial charge in [0.15, 0.2) is 0 Å². The van der Waals surface area contributed by atoms with Crippen LogP contribution in [0.5, 0.6) is 0 Å². The maximum atomic E-state index is 12.2. The van der Waals surface area contributed by atoms with Crippen LogP contribution >= 0.6 is 0 Å². The second-order valence-corrected chi connectivity index (χ2v) is 9.93. The van der Waals surface area contributed by atoms with Crippen LogP contribution in [0, 0.1) is 0 Å². The van der Waals surface area contributed by atoms with Crippen molar-refractivity contribution in [2.45, 2.75) is 148 Å². The average Bonchev–Trinajstić information content (AvgIpc) is 2.88. The molecule has 0 aromatic carbocycles. The molecule has 36 heavy (non-hydrogen) atoms. The van der Waals surface area contributed by atoms with Crippen LogP contribution in [0.3, 0.4) is 0 Å². The molecule has 4 N–H and O–H groups in total. The minimum Gasteiger partial charge on any atom is -0.394 e.